The summed E-state index contributed by atoms with van der Waals surface area (Å²) in [5.74, 6) is 1.79. The van der Waals surface area contributed by atoms with Crippen LogP contribution in [0.5, 0.6) is 11.6 Å². The van der Waals surface area contributed by atoms with Crippen molar-refractivity contribution >= 4 is 5.91 Å². The minimum absolute atomic E-state index is 0.0220. The van der Waals surface area contributed by atoms with E-state index >= 15 is 0 Å². The molecule has 170 valence electrons. The fourth-order valence-corrected chi connectivity index (χ4v) is 4.73. The number of amides is 1. The van der Waals surface area contributed by atoms with Crippen molar-refractivity contribution < 1.29 is 19.0 Å². The summed E-state index contributed by atoms with van der Waals surface area (Å²) in [6.45, 7) is 6.25. The van der Waals surface area contributed by atoms with Gasteiger partial charge in [0.2, 0.25) is 5.91 Å². The molecule has 1 aromatic heterocycles. The van der Waals surface area contributed by atoms with Crippen LogP contribution >= 0.6 is 0 Å². The Bertz CT molecular complexity index is 906. The molecule has 1 unspecified atom stereocenters. The summed E-state index contributed by atoms with van der Waals surface area (Å²) >= 11 is 0. The van der Waals surface area contributed by atoms with Crippen molar-refractivity contribution in [1.82, 2.24) is 14.8 Å². The molecule has 2 aromatic rings. The highest BCUT2D eigenvalue weighted by molar-refractivity contribution is 5.79. The SMILES string of the molecule is O=C(C1CCN(Cc2ccc(CC3COc4cccnc4O3)cc2)CC1)N1CCOCC1. The maximum absolute atomic E-state index is 12.7. The lowest BCUT2D eigenvalue weighted by atomic mass is 9.94. The molecule has 0 spiro atoms. The standard InChI is InChI=1S/C25H31N3O4/c29-25(28-12-14-30-15-13-28)21-7-10-27(11-8-21)17-20-5-3-19(4-6-20)16-22-18-31-23-2-1-9-26-24(23)32-22/h1-6,9,21-22H,7-8,10-18H2. The Morgan fingerprint density at radius 1 is 1.00 bits per heavy atom. The quantitative estimate of drug-likeness (QED) is 0.716. The van der Waals surface area contributed by atoms with Gasteiger partial charge in [0, 0.05) is 38.2 Å². The summed E-state index contributed by atoms with van der Waals surface area (Å²) in [5.41, 5.74) is 2.54. The number of piperidine rings is 1. The Morgan fingerprint density at radius 3 is 2.53 bits per heavy atom. The zero-order valence-electron chi connectivity index (χ0n) is 18.4. The van der Waals surface area contributed by atoms with Crippen LogP contribution in [0.3, 0.4) is 0 Å². The number of carbonyl (C=O) groups excluding carboxylic acids is 1. The predicted molar refractivity (Wildman–Crippen MR) is 120 cm³/mol. The van der Waals surface area contributed by atoms with Crippen molar-refractivity contribution in [2.24, 2.45) is 5.92 Å². The molecule has 7 heteroatoms. The molecule has 0 N–H and O–H groups in total. The molecule has 1 amide bonds. The number of benzene rings is 1. The van der Waals surface area contributed by atoms with Gasteiger partial charge in [0.15, 0.2) is 5.75 Å². The van der Waals surface area contributed by atoms with E-state index < -0.39 is 0 Å². The molecule has 3 aliphatic rings. The number of likely N-dealkylation sites (tertiary alicyclic amines) is 1. The van der Waals surface area contributed by atoms with Gasteiger partial charge >= 0.3 is 0 Å². The molecular formula is C25H31N3O4. The summed E-state index contributed by atoms with van der Waals surface area (Å²) in [6, 6.07) is 12.5. The molecule has 0 aliphatic carbocycles. The monoisotopic (exact) mass is 437 g/mol. The zero-order chi connectivity index (χ0) is 21.8. The van der Waals surface area contributed by atoms with Crippen LogP contribution in [-0.2, 0) is 22.5 Å². The van der Waals surface area contributed by atoms with Gasteiger partial charge in [-0.25, -0.2) is 4.98 Å². The Hall–Kier alpha value is -2.64. The smallest absolute Gasteiger partial charge is 0.257 e. The lowest BCUT2D eigenvalue weighted by molar-refractivity contribution is -0.141. The summed E-state index contributed by atoms with van der Waals surface area (Å²) in [7, 11) is 0. The van der Waals surface area contributed by atoms with E-state index in [2.05, 4.69) is 34.1 Å². The van der Waals surface area contributed by atoms with Gasteiger partial charge in [0.05, 0.1) is 13.2 Å². The normalized spacial score (nSPS) is 22.0. The topological polar surface area (TPSA) is 64.1 Å². The number of hydrogen-bond donors (Lipinski definition) is 0. The van der Waals surface area contributed by atoms with Crippen molar-refractivity contribution in [3.63, 3.8) is 0 Å². The predicted octanol–water partition coefficient (Wildman–Crippen LogP) is 2.53. The number of hydrogen-bond acceptors (Lipinski definition) is 6. The lowest BCUT2D eigenvalue weighted by Crippen LogP contribution is -2.46. The second-order valence-corrected chi connectivity index (χ2v) is 8.87. The van der Waals surface area contributed by atoms with E-state index in [0.717, 1.165) is 57.7 Å². The van der Waals surface area contributed by atoms with E-state index in [1.54, 1.807) is 6.20 Å². The van der Waals surface area contributed by atoms with E-state index in [0.29, 0.717) is 31.6 Å². The van der Waals surface area contributed by atoms with Gasteiger partial charge in [-0.05, 0) is 49.2 Å². The van der Waals surface area contributed by atoms with Crippen LogP contribution in [-0.4, -0.2) is 72.8 Å². The molecule has 32 heavy (non-hydrogen) atoms. The van der Waals surface area contributed by atoms with E-state index in [-0.39, 0.29) is 12.0 Å². The number of carbonyl (C=O) groups is 1. The number of aromatic nitrogens is 1. The first-order valence-corrected chi connectivity index (χ1v) is 11.7. The molecule has 7 nitrogen and oxygen atoms in total. The van der Waals surface area contributed by atoms with Gasteiger partial charge in [-0.3, -0.25) is 9.69 Å². The highest BCUT2D eigenvalue weighted by atomic mass is 16.6. The van der Waals surface area contributed by atoms with Crippen molar-refractivity contribution in [2.45, 2.75) is 31.9 Å². The Balaban J connectivity index is 1.08. The van der Waals surface area contributed by atoms with Crippen LogP contribution in [0.1, 0.15) is 24.0 Å². The number of pyridine rings is 1. The average molecular weight is 438 g/mol. The number of nitrogens with zero attached hydrogens (tertiary/aromatic N) is 3. The molecule has 2 saturated heterocycles. The number of fused-ring (bicyclic) bond motifs is 1. The Kier molecular flexibility index (Phi) is 6.55. The van der Waals surface area contributed by atoms with Crippen LogP contribution < -0.4 is 9.47 Å². The minimum atomic E-state index is -0.0220. The average Bonchev–Trinajstić information content (AvgIpc) is 2.86. The highest BCUT2D eigenvalue weighted by Gasteiger charge is 2.29. The Morgan fingerprint density at radius 2 is 1.75 bits per heavy atom. The summed E-state index contributed by atoms with van der Waals surface area (Å²) in [6.07, 6.45) is 4.39. The van der Waals surface area contributed by atoms with Crippen LogP contribution in [0.15, 0.2) is 42.6 Å². The van der Waals surface area contributed by atoms with Crippen molar-refractivity contribution in [3.8, 4) is 11.6 Å². The second kappa shape index (κ2) is 9.88. The van der Waals surface area contributed by atoms with Gasteiger partial charge in [-0.2, -0.15) is 0 Å². The first-order chi connectivity index (χ1) is 15.7. The van der Waals surface area contributed by atoms with E-state index in [1.165, 1.54) is 11.1 Å². The fourth-order valence-electron chi connectivity index (χ4n) is 4.73. The van der Waals surface area contributed by atoms with Crippen LogP contribution in [0, 0.1) is 5.92 Å². The Labute approximate surface area is 189 Å². The van der Waals surface area contributed by atoms with Crippen LogP contribution in [0.2, 0.25) is 0 Å². The second-order valence-electron chi connectivity index (χ2n) is 8.87. The maximum Gasteiger partial charge on any atom is 0.257 e. The molecule has 1 atom stereocenters. The molecule has 4 heterocycles. The van der Waals surface area contributed by atoms with Gasteiger partial charge in [0.25, 0.3) is 5.88 Å². The van der Waals surface area contributed by atoms with Gasteiger partial charge in [-0.1, -0.05) is 24.3 Å². The zero-order valence-corrected chi connectivity index (χ0v) is 18.4. The third-order valence-electron chi connectivity index (χ3n) is 6.59. The molecule has 0 saturated carbocycles. The number of rotatable bonds is 5. The molecule has 0 bridgehead atoms. The first kappa shape index (κ1) is 21.2. The first-order valence-electron chi connectivity index (χ1n) is 11.7. The highest BCUT2D eigenvalue weighted by Crippen LogP contribution is 2.29. The van der Waals surface area contributed by atoms with Crippen LogP contribution in [0.25, 0.3) is 0 Å². The van der Waals surface area contributed by atoms with Gasteiger partial charge in [0.1, 0.15) is 12.7 Å². The summed E-state index contributed by atoms with van der Waals surface area (Å²) < 4.78 is 17.1. The van der Waals surface area contributed by atoms with Gasteiger partial charge in [-0.15, -0.1) is 0 Å². The maximum atomic E-state index is 12.7. The summed E-state index contributed by atoms with van der Waals surface area (Å²) in [5, 5.41) is 0. The molecule has 3 aliphatic heterocycles. The van der Waals surface area contributed by atoms with Crippen molar-refractivity contribution in [3.05, 3.63) is 53.7 Å². The summed E-state index contributed by atoms with van der Waals surface area (Å²) in [4.78, 5) is 21.4. The van der Waals surface area contributed by atoms with E-state index in [1.807, 2.05) is 17.0 Å². The molecule has 1 aromatic carbocycles. The third-order valence-corrected chi connectivity index (χ3v) is 6.59. The third kappa shape index (κ3) is 5.05. The molecule has 0 radical (unpaired) electrons. The molecule has 5 rings (SSSR count). The lowest BCUT2D eigenvalue weighted by Gasteiger charge is -2.35. The fraction of sp³-hybridized carbons (Fsp3) is 0.520. The molecule has 2 fully saturated rings. The van der Waals surface area contributed by atoms with Crippen LogP contribution in [0.4, 0.5) is 0 Å². The van der Waals surface area contributed by atoms with Crippen molar-refractivity contribution in [1.29, 1.82) is 0 Å². The molecular weight excluding hydrogens is 406 g/mol. The minimum Gasteiger partial charge on any atom is -0.484 e. The van der Waals surface area contributed by atoms with Crippen molar-refractivity contribution in [2.75, 3.05) is 46.0 Å². The number of morpholine rings is 1. The van der Waals surface area contributed by atoms with E-state index in [9.17, 15) is 4.79 Å². The van der Waals surface area contributed by atoms with Gasteiger partial charge < -0.3 is 19.1 Å². The van der Waals surface area contributed by atoms with E-state index in [4.69, 9.17) is 14.2 Å². The largest absolute Gasteiger partial charge is 0.484 e. The number of ether oxygens (including phenoxy) is 3.